The molecule has 4 saturated carbocycles. The van der Waals surface area contributed by atoms with Crippen LogP contribution in [0.25, 0.3) is 0 Å². The molecule has 6 heterocycles. The third-order valence-corrected chi connectivity index (χ3v) is 15.2. The molecule has 0 radical (unpaired) electrons. The Labute approximate surface area is 349 Å². The largest absolute Gasteiger partial charge is 1.00 e. The Morgan fingerprint density at radius 1 is 0.444 bits per heavy atom. The molecule has 10 aliphatic rings. The molecule has 10 rings (SSSR count). The molecule has 6 aliphatic heterocycles. The van der Waals surface area contributed by atoms with E-state index < -0.39 is 10.4 Å². The van der Waals surface area contributed by atoms with E-state index in [1.54, 1.807) is 0 Å². The fourth-order valence-electron chi connectivity index (χ4n) is 12.5. The molecule has 0 aromatic carbocycles. The first-order valence-electron chi connectivity index (χ1n) is 20.8. The van der Waals surface area contributed by atoms with Crippen LogP contribution in [0, 0.1) is 47.3 Å². The van der Waals surface area contributed by atoms with Gasteiger partial charge in [-0.05, 0) is 98.7 Å². The molecule has 0 aromatic rings. The van der Waals surface area contributed by atoms with Crippen LogP contribution < -0.4 is 72.1 Å². The SMILES string of the molecule is C1CCC2C3NC(NC4NC(NC5NC(NC6NC(N3)C3CCCCC63)C3CCCCC53)C3CCCCC43)C2C1.O=C1CCC(=O)N1Cl.O=S(=O)(O)O.[H-].[Na+]. The van der Waals surface area contributed by atoms with Crippen molar-refractivity contribution in [2.45, 2.75) is 165 Å². The number of rotatable bonds is 0. The molecule has 8 bridgehead atoms. The number of hydrogen-bond acceptors (Lipinski definition) is 12. The quantitative estimate of drug-likeness (QED) is 0.0640. The summed E-state index contributed by atoms with van der Waals surface area (Å²) < 4.78 is 32.2. The Bertz CT molecular complexity index is 1220. The summed E-state index contributed by atoms with van der Waals surface area (Å²) in [6.45, 7) is 0. The minimum absolute atomic E-state index is 0. The number of fused-ring (bicyclic) bond motifs is 20. The monoisotopic (exact) mass is 807 g/mol. The molecule has 8 unspecified atom stereocenters. The van der Waals surface area contributed by atoms with Crippen LogP contribution >= 0.6 is 11.8 Å². The normalized spacial score (nSPS) is 46.8. The number of hydrogen-bond donors (Lipinski definition) is 10. The van der Waals surface area contributed by atoms with Gasteiger partial charge in [-0.25, -0.2) is 0 Å². The topological polar surface area (TPSA) is 208 Å². The van der Waals surface area contributed by atoms with E-state index in [9.17, 15) is 9.59 Å². The van der Waals surface area contributed by atoms with Crippen molar-refractivity contribution >= 4 is 34.0 Å². The minimum atomic E-state index is -4.67. The van der Waals surface area contributed by atoms with Gasteiger partial charge in [0.05, 0.1) is 49.3 Å². The molecule has 54 heavy (non-hydrogen) atoms. The van der Waals surface area contributed by atoms with E-state index in [1.807, 2.05) is 0 Å². The number of imide groups is 1. The average molecular weight is 808 g/mol. The van der Waals surface area contributed by atoms with Crippen molar-refractivity contribution in [3.8, 4) is 0 Å². The van der Waals surface area contributed by atoms with Crippen LogP contribution in [-0.2, 0) is 20.0 Å². The average Bonchev–Trinajstić information content (AvgIpc) is 3.94. The molecule has 8 atom stereocenters. The number of nitrogens with one attached hydrogen (secondary N) is 8. The molecular weight excluding hydrogens is 745 g/mol. The molecule has 10 fully saturated rings. The fourth-order valence-corrected chi connectivity index (χ4v) is 12.7. The molecule has 15 nitrogen and oxygen atoms in total. The zero-order valence-corrected chi connectivity index (χ0v) is 35.3. The van der Waals surface area contributed by atoms with Gasteiger partial charge in [0, 0.05) is 24.6 Å². The van der Waals surface area contributed by atoms with Gasteiger partial charge in [-0.15, -0.1) is 0 Å². The van der Waals surface area contributed by atoms with Crippen molar-refractivity contribution in [3.63, 3.8) is 0 Å². The summed E-state index contributed by atoms with van der Waals surface area (Å²) in [6.07, 6.45) is 26.1. The molecule has 0 spiro atoms. The van der Waals surface area contributed by atoms with Gasteiger partial charge in [0.25, 0.3) is 0 Å². The second-order valence-corrected chi connectivity index (χ2v) is 18.9. The van der Waals surface area contributed by atoms with Crippen LogP contribution in [0.4, 0.5) is 0 Å². The molecule has 18 heteroatoms. The standard InChI is InChI=1S/C32H56N8.C4H4ClNO2.Na.H2O4S.H/c1-2-10-18-17(9-1)25-33-26(18)38-28-21-13-5-6-14-22(21)30(35-28)40-32-24-16-8-7-15-23(24)31(36-32)39-29-20-12-4-3-11-19(20)27(34-29)37-25;5-6-3(7)1-2-4(6)8;;1-5(2,3)4;/h17-40H,1-16H2;1-2H2;;(H2,1,2,3,4);/q;;+1;;-1. The second-order valence-electron chi connectivity index (χ2n) is 17.6. The van der Waals surface area contributed by atoms with E-state index in [-0.39, 0.29) is 55.6 Å². The predicted octanol–water partition coefficient (Wildman–Crippen LogP) is -0.641. The zero-order chi connectivity index (χ0) is 36.9. The smallest absolute Gasteiger partial charge is 1.00 e. The van der Waals surface area contributed by atoms with E-state index >= 15 is 0 Å². The molecule has 302 valence electrons. The molecule has 2 amide bonds. The zero-order valence-electron chi connectivity index (χ0n) is 32.7. The third-order valence-electron chi connectivity index (χ3n) is 14.8. The molecular formula is C36H63ClN9NaO6S. The summed E-state index contributed by atoms with van der Waals surface area (Å²) >= 11 is 5.15. The van der Waals surface area contributed by atoms with Crippen LogP contribution in [0.15, 0.2) is 0 Å². The molecule has 6 saturated heterocycles. The Morgan fingerprint density at radius 2 is 0.593 bits per heavy atom. The van der Waals surface area contributed by atoms with Gasteiger partial charge in [-0.1, -0.05) is 51.4 Å². The van der Waals surface area contributed by atoms with E-state index in [0.29, 0.717) is 53.7 Å². The Balaban J connectivity index is 0.000000296. The van der Waals surface area contributed by atoms with Crippen molar-refractivity contribution in [2.75, 3.05) is 0 Å². The van der Waals surface area contributed by atoms with Crippen molar-refractivity contribution < 1.29 is 58.1 Å². The van der Waals surface area contributed by atoms with Gasteiger partial charge in [-0.3, -0.25) is 61.2 Å². The number of nitrogens with zero attached hydrogens (tertiary/aromatic N) is 1. The summed E-state index contributed by atoms with van der Waals surface area (Å²) in [7, 11) is -4.67. The van der Waals surface area contributed by atoms with Crippen LogP contribution in [0.1, 0.15) is 117 Å². The predicted molar refractivity (Wildman–Crippen MR) is 199 cm³/mol. The summed E-state index contributed by atoms with van der Waals surface area (Å²) in [6, 6.07) is 0. The Hall–Kier alpha value is -0.0200. The van der Waals surface area contributed by atoms with Crippen molar-refractivity contribution in [3.05, 3.63) is 0 Å². The van der Waals surface area contributed by atoms with E-state index in [2.05, 4.69) is 42.5 Å². The number of carbonyl (C=O) groups is 2. The first-order chi connectivity index (χ1) is 25.5. The molecule has 0 aromatic heterocycles. The summed E-state index contributed by atoms with van der Waals surface area (Å²) in [5.41, 5.74) is 0. The first-order valence-corrected chi connectivity index (χ1v) is 22.5. The van der Waals surface area contributed by atoms with Crippen LogP contribution in [0.2, 0.25) is 0 Å². The van der Waals surface area contributed by atoms with Crippen LogP contribution in [-0.4, -0.2) is 83.1 Å². The maximum Gasteiger partial charge on any atom is 1.00 e. The van der Waals surface area contributed by atoms with Gasteiger partial charge in [0.2, 0.25) is 11.8 Å². The van der Waals surface area contributed by atoms with Gasteiger partial charge in [0.1, 0.15) is 0 Å². The number of carbonyl (C=O) groups excluding carboxylic acids is 2. The van der Waals surface area contributed by atoms with Gasteiger partial charge in [0.15, 0.2) is 0 Å². The Morgan fingerprint density at radius 3 is 0.704 bits per heavy atom. The van der Waals surface area contributed by atoms with Crippen molar-refractivity contribution in [2.24, 2.45) is 47.3 Å². The molecule has 4 aliphatic carbocycles. The van der Waals surface area contributed by atoms with Gasteiger partial charge >= 0.3 is 40.0 Å². The maximum atomic E-state index is 10.4. The van der Waals surface area contributed by atoms with Gasteiger partial charge in [-0.2, -0.15) is 12.8 Å². The fraction of sp³-hybridized carbons (Fsp3) is 0.944. The summed E-state index contributed by atoms with van der Waals surface area (Å²) in [5, 5.41) is 33.8. The van der Waals surface area contributed by atoms with E-state index in [1.165, 1.54) is 103 Å². The summed E-state index contributed by atoms with van der Waals surface area (Å²) in [4.78, 5) is 20.7. The maximum absolute atomic E-state index is 10.4. The number of halogens is 1. The Kier molecular flexibility index (Phi) is 14.1. The third kappa shape index (κ3) is 9.23. The minimum Gasteiger partial charge on any atom is -1.00 e. The van der Waals surface area contributed by atoms with E-state index in [0.717, 1.165) is 47.3 Å². The second kappa shape index (κ2) is 18.1. The first kappa shape index (κ1) is 42.1. The number of amides is 2. The van der Waals surface area contributed by atoms with Crippen LogP contribution in [0.3, 0.4) is 0 Å². The van der Waals surface area contributed by atoms with Crippen molar-refractivity contribution in [1.29, 1.82) is 0 Å². The van der Waals surface area contributed by atoms with Crippen molar-refractivity contribution in [1.82, 2.24) is 47.0 Å². The summed E-state index contributed by atoms with van der Waals surface area (Å²) in [5.74, 6) is 5.38. The van der Waals surface area contributed by atoms with Crippen LogP contribution in [0.5, 0.6) is 0 Å². The van der Waals surface area contributed by atoms with Gasteiger partial charge < -0.3 is 1.43 Å². The molecule has 10 N–H and O–H groups in total. The van der Waals surface area contributed by atoms with E-state index in [4.69, 9.17) is 29.3 Å².